The third-order valence-corrected chi connectivity index (χ3v) is 7.38. The number of rotatable bonds is 4. The van der Waals surface area contributed by atoms with Gasteiger partial charge >= 0.3 is 5.97 Å². The van der Waals surface area contributed by atoms with E-state index >= 15 is 0 Å². The molecule has 0 radical (unpaired) electrons. The topological polar surface area (TPSA) is 46.5 Å². The number of carbonyl (C=O) groups is 1. The van der Waals surface area contributed by atoms with E-state index in [-0.39, 0.29) is 0 Å². The van der Waals surface area contributed by atoms with E-state index in [1.54, 1.807) is 11.6 Å². The molecule has 5 atom stereocenters. The Morgan fingerprint density at radius 1 is 1.46 bits per heavy atom. The maximum atomic E-state index is 11.6. The Balaban J connectivity index is 1.64. The van der Waals surface area contributed by atoms with Crippen LogP contribution in [-0.2, 0) is 9.53 Å². The second-order valence-corrected chi connectivity index (χ2v) is 8.90. The van der Waals surface area contributed by atoms with E-state index in [1.165, 1.54) is 39.0 Å². The van der Waals surface area contributed by atoms with Gasteiger partial charge in [-0.25, -0.2) is 4.79 Å². The van der Waals surface area contributed by atoms with Gasteiger partial charge in [0.2, 0.25) is 0 Å². The number of hydrogen-bond acceptors (Lipinski definition) is 3. The van der Waals surface area contributed by atoms with Gasteiger partial charge in [0, 0.05) is 6.42 Å². The molecule has 3 aliphatic rings. The maximum absolute atomic E-state index is 11.6. The van der Waals surface area contributed by atoms with Crippen LogP contribution >= 0.6 is 15.9 Å². The van der Waals surface area contributed by atoms with Crippen LogP contribution in [0.15, 0.2) is 22.4 Å². The molecule has 4 heteroatoms. The molecule has 1 aliphatic heterocycles. The van der Waals surface area contributed by atoms with E-state index < -0.39 is 11.6 Å². The molecule has 0 amide bonds. The second-order valence-electron chi connectivity index (χ2n) is 8.44. The average molecular weight is 397 g/mol. The molecule has 2 aliphatic carbocycles. The molecule has 24 heavy (non-hydrogen) atoms. The van der Waals surface area contributed by atoms with Gasteiger partial charge in [-0.3, -0.25) is 0 Å². The van der Waals surface area contributed by atoms with Crippen LogP contribution in [0, 0.1) is 23.2 Å². The van der Waals surface area contributed by atoms with E-state index in [2.05, 4.69) is 34.8 Å². The minimum atomic E-state index is -1.44. The van der Waals surface area contributed by atoms with Crippen molar-refractivity contribution in [2.24, 2.45) is 23.2 Å². The summed E-state index contributed by atoms with van der Waals surface area (Å²) in [4.78, 5) is 13.8. The Bertz CT molecular complexity index is 577. The summed E-state index contributed by atoms with van der Waals surface area (Å²) in [7, 11) is 0. The number of aliphatic hydroxyl groups is 1. The molecule has 0 aromatic carbocycles. The normalized spacial score (nSPS) is 42.0. The highest BCUT2D eigenvalue weighted by Gasteiger charge is 2.50. The summed E-state index contributed by atoms with van der Waals surface area (Å²) >= 11 is 3.58. The van der Waals surface area contributed by atoms with E-state index in [1.807, 2.05) is 0 Å². The zero-order valence-corrected chi connectivity index (χ0v) is 16.6. The van der Waals surface area contributed by atoms with Gasteiger partial charge in [0.25, 0.3) is 0 Å². The number of carbonyl (C=O) groups excluding carboxylic acids is 1. The van der Waals surface area contributed by atoms with E-state index in [9.17, 15) is 9.90 Å². The molecule has 3 rings (SSSR count). The third-order valence-electron chi connectivity index (χ3n) is 6.79. The first kappa shape index (κ1) is 18.2. The van der Waals surface area contributed by atoms with Gasteiger partial charge in [0.15, 0.2) is 5.60 Å². The molecule has 0 aromatic heterocycles. The lowest BCUT2D eigenvalue weighted by molar-refractivity contribution is -0.150. The number of cyclic esters (lactones) is 1. The summed E-state index contributed by atoms with van der Waals surface area (Å²) in [6, 6.07) is 0. The van der Waals surface area contributed by atoms with Crippen LogP contribution in [0.3, 0.4) is 0 Å². The van der Waals surface area contributed by atoms with Crippen LogP contribution in [0.1, 0.15) is 65.7 Å². The Hall–Kier alpha value is -0.610. The summed E-state index contributed by atoms with van der Waals surface area (Å²) in [5.74, 6) is 2.14. The third kappa shape index (κ3) is 3.12. The zero-order valence-electron chi connectivity index (χ0n) is 15.0. The lowest BCUT2D eigenvalue weighted by Crippen LogP contribution is -2.35. The van der Waals surface area contributed by atoms with Crippen LogP contribution in [0.2, 0.25) is 0 Å². The Morgan fingerprint density at radius 3 is 2.83 bits per heavy atom. The first-order chi connectivity index (χ1) is 11.3. The van der Waals surface area contributed by atoms with Crippen molar-refractivity contribution in [3.05, 3.63) is 22.4 Å². The quantitative estimate of drug-likeness (QED) is 0.673. The number of ether oxygens (including phenoxy) is 1. The predicted octanol–water partition coefficient (Wildman–Crippen LogP) is 5.09. The number of hydrogen-bond donors (Lipinski definition) is 1. The first-order valence-corrected chi connectivity index (χ1v) is 10.1. The molecule has 3 nitrogen and oxygen atoms in total. The standard InChI is InChI=1S/C20H29BrO3/c1-13(6-7-15-11-20(3,23)18(22)24-15)16-8-9-17-14(12-21)5-4-10-19(16,17)2/h11-13,16-17,23H,4-10H2,1-3H3/t13-,16-,17?,19+,20-/m1/s1. The molecule has 1 unspecified atom stereocenters. The average Bonchev–Trinajstić information content (AvgIpc) is 3.00. The molecule has 1 heterocycles. The van der Waals surface area contributed by atoms with E-state index in [0.29, 0.717) is 17.1 Å². The fraction of sp³-hybridized carbons (Fsp3) is 0.750. The first-order valence-electron chi connectivity index (χ1n) is 9.23. The SMILES string of the molecule is C[C@H](CCC1=C[C@@](C)(O)C(=O)O1)[C@H]1CCC2C(=CBr)CCC[C@]21C. The van der Waals surface area contributed by atoms with E-state index in [4.69, 9.17) is 4.74 Å². The minimum Gasteiger partial charge on any atom is -0.429 e. The molecule has 0 aromatic rings. The molecule has 0 saturated heterocycles. The summed E-state index contributed by atoms with van der Waals surface area (Å²) < 4.78 is 5.21. The van der Waals surface area contributed by atoms with Crippen LogP contribution in [0.5, 0.6) is 0 Å². The van der Waals surface area contributed by atoms with Gasteiger partial charge in [0.05, 0.1) is 0 Å². The van der Waals surface area contributed by atoms with Crippen LogP contribution < -0.4 is 0 Å². The van der Waals surface area contributed by atoms with E-state index in [0.717, 1.165) is 24.7 Å². The van der Waals surface area contributed by atoms with Crippen molar-refractivity contribution in [2.45, 2.75) is 71.3 Å². The molecule has 0 bridgehead atoms. The van der Waals surface area contributed by atoms with Crippen molar-refractivity contribution < 1.29 is 14.6 Å². The summed E-state index contributed by atoms with van der Waals surface area (Å²) in [5, 5.41) is 9.90. The van der Waals surface area contributed by atoms with Gasteiger partial charge in [-0.15, -0.1) is 0 Å². The summed E-state index contributed by atoms with van der Waals surface area (Å²) in [6.07, 6.45) is 9.77. The molecule has 0 spiro atoms. The lowest BCUT2D eigenvalue weighted by Gasteiger charge is -2.44. The number of allylic oxidation sites excluding steroid dienone is 2. The monoisotopic (exact) mass is 396 g/mol. The highest BCUT2D eigenvalue weighted by Crippen LogP contribution is 2.60. The molecule has 134 valence electrons. The Labute approximate surface area is 153 Å². The van der Waals surface area contributed by atoms with Crippen LogP contribution in [0.4, 0.5) is 0 Å². The van der Waals surface area contributed by atoms with Crippen molar-refractivity contribution in [3.63, 3.8) is 0 Å². The largest absolute Gasteiger partial charge is 0.429 e. The Kier molecular flexibility index (Phi) is 5.00. The zero-order chi connectivity index (χ0) is 17.5. The second kappa shape index (κ2) is 6.60. The number of fused-ring (bicyclic) bond motifs is 1. The number of halogens is 1. The van der Waals surface area contributed by atoms with Gasteiger partial charge in [-0.2, -0.15) is 0 Å². The smallest absolute Gasteiger partial charge is 0.347 e. The highest BCUT2D eigenvalue weighted by atomic mass is 79.9. The molecule has 2 saturated carbocycles. The predicted molar refractivity (Wildman–Crippen MR) is 98.4 cm³/mol. The van der Waals surface area contributed by atoms with Crippen molar-refractivity contribution in [3.8, 4) is 0 Å². The maximum Gasteiger partial charge on any atom is 0.347 e. The van der Waals surface area contributed by atoms with Gasteiger partial charge in [-0.1, -0.05) is 35.4 Å². The van der Waals surface area contributed by atoms with Crippen LogP contribution in [0.25, 0.3) is 0 Å². The van der Waals surface area contributed by atoms with Crippen molar-refractivity contribution in [2.75, 3.05) is 0 Å². The van der Waals surface area contributed by atoms with Gasteiger partial charge < -0.3 is 9.84 Å². The minimum absolute atomic E-state index is 0.406. The molecular formula is C20H29BrO3. The van der Waals surface area contributed by atoms with Gasteiger partial charge in [-0.05, 0) is 79.7 Å². The van der Waals surface area contributed by atoms with Gasteiger partial charge in [0.1, 0.15) is 5.76 Å². The molecule has 1 N–H and O–H groups in total. The van der Waals surface area contributed by atoms with Crippen molar-refractivity contribution >= 4 is 21.9 Å². The summed E-state index contributed by atoms with van der Waals surface area (Å²) in [6.45, 7) is 6.32. The van der Waals surface area contributed by atoms with Crippen molar-refractivity contribution in [1.29, 1.82) is 0 Å². The fourth-order valence-corrected chi connectivity index (χ4v) is 6.01. The highest BCUT2D eigenvalue weighted by molar-refractivity contribution is 9.11. The summed E-state index contributed by atoms with van der Waals surface area (Å²) in [5.41, 5.74) is 0.563. The lowest BCUT2D eigenvalue weighted by atomic mass is 9.61. The van der Waals surface area contributed by atoms with Crippen molar-refractivity contribution in [1.82, 2.24) is 0 Å². The Morgan fingerprint density at radius 2 is 2.21 bits per heavy atom. The molecule has 2 fully saturated rings. The van der Waals surface area contributed by atoms with Crippen LogP contribution in [-0.4, -0.2) is 16.7 Å². The fourth-order valence-electron chi connectivity index (χ4n) is 5.46. The number of esters is 1. The molecular weight excluding hydrogens is 368 g/mol.